The van der Waals surface area contributed by atoms with Gasteiger partial charge in [-0.05, 0) is 30.7 Å². The first-order valence-electron chi connectivity index (χ1n) is 10.9. The lowest BCUT2D eigenvalue weighted by molar-refractivity contribution is 0.0738. The van der Waals surface area contributed by atoms with Crippen LogP contribution in [0.3, 0.4) is 0 Å². The van der Waals surface area contributed by atoms with Crippen LogP contribution in [0.4, 0.5) is 0 Å². The number of aromatic nitrogens is 4. The smallest absolute Gasteiger partial charge is 0.273 e. The third-order valence-electron chi connectivity index (χ3n) is 6.09. The summed E-state index contributed by atoms with van der Waals surface area (Å²) in [5.41, 5.74) is 3.80. The number of fused-ring (bicyclic) bond motifs is 1. The average Bonchev–Trinajstić information content (AvgIpc) is 3.58. The molecule has 5 rings (SSSR count). The predicted octanol–water partition coefficient (Wildman–Crippen LogP) is 4.58. The molecule has 2 aromatic carbocycles. The summed E-state index contributed by atoms with van der Waals surface area (Å²) in [5, 5.41) is 8.14. The van der Waals surface area contributed by atoms with E-state index in [9.17, 15) is 4.79 Å². The Morgan fingerprint density at radius 3 is 2.62 bits per heavy atom. The zero-order valence-electron chi connectivity index (χ0n) is 18.9. The summed E-state index contributed by atoms with van der Waals surface area (Å²) in [7, 11) is 3.23. The lowest BCUT2D eigenvalue weighted by atomic mass is 9.95. The number of rotatable bonds is 8. The molecule has 4 aromatic rings. The number of hydrogen-bond acceptors (Lipinski definition) is 5. The Morgan fingerprint density at radius 2 is 1.91 bits per heavy atom. The molecule has 174 valence electrons. The number of nitrogens with zero attached hydrogens (tertiary/aromatic N) is 4. The Bertz CT molecular complexity index is 1300. The molecule has 1 amide bonds. The maximum absolute atomic E-state index is 13.5. The van der Waals surface area contributed by atoms with Gasteiger partial charge in [0, 0.05) is 53.3 Å². The van der Waals surface area contributed by atoms with Crippen LogP contribution < -0.4 is 9.47 Å². The zero-order valence-corrected chi connectivity index (χ0v) is 19.6. The van der Waals surface area contributed by atoms with Crippen LogP contribution in [0.2, 0.25) is 5.02 Å². The number of ether oxygens (including phenoxy) is 2. The van der Waals surface area contributed by atoms with Crippen LogP contribution in [0.5, 0.6) is 11.5 Å². The lowest BCUT2D eigenvalue weighted by Crippen LogP contribution is -2.31. The minimum Gasteiger partial charge on any atom is -0.497 e. The van der Waals surface area contributed by atoms with E-state index in [0.29, 0.717) is 28.8 Å². The van der Waals surface area contributed by atoms with Crippen molar-refractivity contribution in [3.63, 3.8) is 0 Å². The average molecular weight is 478 g/mol. The molecule has 1 unspecified atom stereocenters. The van der Waals surface area contributed by atoms with Gasteiger partial charge in [-0.1, -0.05) is 23.7 Å². The van der Waals surface area contributed by atoms with Crippen molar-refractivity contribution in [2.24, 2.45) is 0 Å². The molecular formula is C25H24ClN5O3. The molecule has 3 heterocycles. The highest BCUT2D eigenvalue weighted by atomic mass is 35.5. The van der Waals surface area contributed by atoms with E-state index < -0.39 is 0 Å². The van der Waals surface area contributed by atoms with E-state index in [-0.39, 0.29) is 11.9 Å². The summed E-state index contributed by atoms with van der Waals surface area (Å²) < 4.78 is 13.1. The minimum absolute atomic E-state index is 0.0868. The summed E-state index contributed by atoms with van der Waals surface area (Å²) in [6, 6.07) is 12.8. The van der Waals surface area contributed by atoms with Gasteiger partial charge >= 0.3 is 0 Å². The molecule has 0 fully saturated rings. The molecule has 1 aliphatic heterocycles. The van der Waals surface area contributed by atoms with Gasteiger partial charge in [-0.25, -0.2) is 4.98 Å². The number of H-pyrrole nitrogens is 1. The van der Waals surface area contributed by atoms with Gasteiger partial charge in [0.15, 0.2) is 0 Å². The van der Waals surface area contributed by atoms with E-state index in [1.54, 1.807) is 26.7 Å². The normalized spacial score (nSPS) is 15.0. The molecule has 34 heavy (non-hydrogen) atoms. The van der Waals surface area contributed by atoms with E-state index in [1.807, 2.05) is 58.1 Å². The maximum Gasteiger partial charge on any atom is 0.273 e. The molecule has 0 saturated heterocycles. The van der Waals surface area contributed by atoms with E-state index >= 15 is 0 Å². The monoisotopic (exact) mass is 477 g/mol. The first-order valence-corrected chi connectivity index (χ1v) is 11.3. The number of carbonyl (C=O) groups excluding carboxylic acids is 1. The first-order chi connectivity index (χ1) is 16.6. The number of imidazole rings is 1. The Kier molecular flexibility index (Phi) is 5.98. The van der Waals surface area contributed by atoms with Gasteiger partial charge in [-0.3, -0.25) is 9.89 Å². The van der Waals surface area contributed by atoms with Crippen LogP contribution >= 0.6 is 11.6 Å². The molecule has 0 saturated carbocycles. The fourth-order valence-electron chi connectivity index (χ4n) is 4.47. The number of hydrogen-bond donors (Lipinski definition) is 1. The van der Waals surface area contributed by atoms with Crippen molar-refractivity contribution in [3.8, 4) is 22.8 Å². The number of aryl methyl sites for hydroxylation is 1. The van der Waals surface area contributed by atoms with Gasteiger partial charge < -0.3 is 18.9 Å². The largest absolute Gasteiger partial charge is 0.497 e. The standard InChI is InChI=1S/C25H24ClN5O3/c1-33-18-8-9-19(20(14-18)34-2)24-21-22(16-4-6-17(26)7-5-16)28-29-23(21)25(32)31(24)12-3-11-30-13-10-27-15-30/h4-10,13-15,24H,3,11-12H2,1-2H3,(H,28,29). The number of halogens is 1. The van der Waals surface area contributed by atoms with Crippen LogP contribution in [0.25, 0.3) is 11.3 Å². The molecule has 0 aliphatic carbocycles. The van der Waals surface area contributed by atoms with Crippen molar-refractivity contribution in [1.29, 1.82) is 0 Å². The molecular weight excluding hydrogens is 454 g/mol. The molecule has 9 heteroatoms. The third-order valence-corrected chi connectivity index (χ3v) is 6.34. The van der Waals surface area contributed by atoms with Crippen molar-refractivity contribution < 1.29 is 14.3 Å². The molecule has 0 radical (unpaired) electrons. The van der Waals surface area contributed by atoms with Crippen LogP contribution in [-0.2, 0) is 6.54 Å². The Hall–Kier alpha value is -3.78. The fourth-order valence-corrected chi connectivity index (χ4v) is 4.59. The van der Waals surface area contributed by atoms with Crippen LogP contribution in [0.15, 0.2) is 61.2 Å². The molecule has 2 aromatic heterocycles. The summed E-state index contributed by atoms with van der Waals surface area (Å²) >= 11 is 6.10. The lowest BCUT2D eigenvalue weighted by Gasteiger charge is -2.28. The zero-order chi connectivity index (χ0) is 23.7. The number of carbonyl (C=O) groups is 1. The Morgan fingerprint density at radius 1 is 1.09 bits per heavy atom. The number of amides is 1. The summed E-state index contributed by atoms with van der Waals surface area (Å²) in [4.78, 5) is 19.5. The highest BCUT2D eigenvalue weighted by Gasteiger charge is 2.43. The van der Waals surface area contributed by atoms with Gasteiger partial charge in [0.2, 0.25) is 0 Å². The number of nitrogens with one attached hydrogen (secondary N) is 1. The van der Waals surface area contributed by atoms with Crippen molar-refractivity contribution in [2.75, 3.05) is 20.8 Å². The SMILES string of the molecule is COc1ccc(C2c3c(-c4ccc(Cl)cc4)n[nH]c3C(=O)N2CCCn2ccnc2)c(OC)c1. The Labute approximate surface area is 202 Å². The number of methoxy groups -OCH3 is 2. The van der Waals surface area contributed by atoms with Crippen LogP contribution in [0.1, 0.15) is 34.1 Å². The molecule has 8 nitrogen and oxygen atoms in total. The van der Waals surface area contributed by atoms with Crippen molar-refractivity contribution in [1.82, 2.24) is 24.6 Å². The van der Waals surface area contributed by atoms with Crippen molar-refractivity contribution >= 4 is 17.5 Å². The van der Waals surface area contributed by atoms with Gasteiger partial charge in [-0.15, -0.1) is 0 Å². The molecule has 0 spiro atoms. The van der Waals surface area contributed by atoms with E-state index in [4.69, 9.17) is 21.1 Å². The second-order valence-corrected chi connectivity index (χ2v) is 8.47. The predicted molar refractivity (Wildman–Crippen MR) is 128 cm³/mol. The molecule has 1 aliphatic rings. The highest BCUT2D eigenvalue weighted by molar-refractivity contribution is 6.30. The topological polar surface area (TPSA) is 85.3 Å². The quantitative estimate of drug-likeness (QED) is 0.401. The maximum atomic E-state index is 13.5. The molecule has 1 atom stereocenters. The number of aromatic amines is 1. The Balaban J connectivity index is 1.58. The second-order valence-electron chi connectivity index (χ2n) is 8.03. The first kappa shape index (κ1) is 22.0. The van der Waals surface area contributed by atoms with Gasteiger partial charge in [-0.2, -0.15) is 5.10 Å². The fraction of sp³-hybridized carbons (Fsp3) is 0.240. The van der Waals surface area contributed by atoms with Crippen molar-refractivity contribution in [3.05, 3.63) is 83.0 Å². The minimum atomic E-state index is -0.365. The second kappa shape index (κ2) is 9.23. The van der Waals surface area contributed by atoms with Gasteiger partial charge in [0.1, 0.15) is 17.2 Å². The van der Waals surface area contributed by atoms with Crippen LogP contribution in [-0.4, -0.2) is 51.3 Å². The summed E-state index contributed by atoms with van der Waals surface area (Å²) in [6.45, 7) is 1.31. The van der Waals surface area contributed by atoms with E-state index in [0.717, 1.165) is 35.3 Å². The number of benzene rings is 2. The summed E-state index contributed by atoms with van der Waals surface area (Å²) in [6.07, 6.45) is 6.22. The summed E-state index contributed by atoms with van der Waals surface area (Å²) in [5.74, 6) is 1.24. The molecule has 1 N–H and O–H groups in total. The third kappa shape index (κ3) is 3.90. The van der Waals surface area contributed by atoms with Crippen molar-refractivity contribution in [2.45, 2.75) is 19.0 Å². The van der Waals surface area contributed by atoms with Gasteiger partial charge in [0.25, 0.3) is 5.91 Å². The van der Waals surface area contributed by atoms with Gasteiger partial charge in [0.05, 0.1) is 32.3 Å². The van der Waals surface area contributed by atoms with Crippen LogP contribution in [0, 0.1) is 0 Å². The van der Waals surface area contributed by atoms with E-state index in [2.05, 4.69) is 15.2 Å². The molecule has 0 bridgehead atoms. The van der Waals surface area contributed by atoms with E-state index in [1.165, 1.54) is 0 Å². The highest BCUT2D eigenvalue weighted by Crippen LogP contribution is 2.46.